The zero-order chi connectivity index (χ0) is 17.0. The van der Waals surface area contributed by atoms with Crippen molar-refractivity contribution < 1.29 is 17.9 Å². The smallest absolute Gasteiger partial charge is 0.262 e. The molecular formula is C15H15ClN2O4S. The van der Waals surface area contributed by atoms with Crippen LogP contribution in [0.2, 0.25) is 5.02 Å². The maximum Gasteiger partial charge on any atom is 0.262 e. The largest absolute Gasteiger partial charge is 0.482 e. The fourth-order valence-electron chi connectivity index (χ4n) is 1.89. The summed E-state index contributed by atoms with van der Waals surface area (Å²) in [7, 11) is -3.85. The van der Waals surface area contributed by atoms with Gasteiger partial charge in [0.2, 0.25) is 10.0 Å². The van der Waals surface area contributed by atoms with Crippen molar-refractivity contribution in [3.63, 3.8) is 0 Å². The van der Waals surface area contributed by atoms with Crippen molar-refractivity contribution in [2.45, 2.75) is 11.8 Å². The summed E-state index contributed by atoms with van der Waals surface area (Å²) in [5.41, 5.74) is 0.810. The highest BCUT2D eigenvalue weighted by molar-refractivity contribution is 7.89. The molecule has 2 aromatic rings. The lowest BCUT2D eigenvalue weighted by molar-refractivity contribution is -0.118. The summed E-state index contributed by atoms with van der Waals surface area (Å²) in [6.07, 6.45) is 0. The number of rotatable bonds is 5. The Balaban J connectivity index is 2.05. The van der Waals surface area contributed by atoms with E-state index in [1.54, 1.807) is 43.3 Å². The minimum absolute atomic E-state index is 0.0395. The number of para-hydroxylation sites is 1. The predicted molar refractivity (Wildman–Crippen MR) is 88.1 cm³/mol. The van der Waals surface area contributed by atoms with Gasteiger partial charge in [-0.05, 0) is 36.8 Å². The van der Waals surface area contributed by atoms with Crippen molar-refractivity contribution in [3.8, 4) is 5.75 Å². The van der Waals surface area contributed by atoms with Crippen LogP contribution in [0.4, 0.5) is 5.69 Å². The lowest BCUT2D eigenvalue weighted by Crippen LogP contribution is -2.21. The molecule has 0 aromatic heterocycles. The lowest BCUT2D eigenvalue weighted by Gasteiger charge is -2.10. The number of primary sulfonamides is 1. The first-order valence-corrected chi connectivity index (χ1v) is 8.50. The highest BCUT2D eigenvalue weighted by atomic mass is 35.5. The molecule has 0 bridgehead atoms. The Morgan fingerprint density at radius 1 is 1.26 bits per heavy atom. The van der Waals surface area contributed by atoms with Crippen LogP contribution in [0, 0.1) is 6.92 Å². The molecule has 0 aliphatic carbocycles. The zero-order valence-electron chi connectivity index (χ0n) is 12.2. The molecule has 2 rings (SSSR count). The van der Waals surface area contributed by atoms with Crippen LogP contribution in [0.1, 0.15) is 5.56 Å². The van der Waals surface area contributed by atoms with E-state index in [-0.39, 0.29) is 11.5 Å². The number of sulfonamides is 1. The van der Waals surface area contributed by atoms with Crippen LogP contribution in [0.5, 0.6) is 5.75 Å². The number of amides is 1. The third kappa shape index (κ3) is 4.69. The van der Waals surface area contributed by atoms with Crippen LogP contribution in [0.25, 0.3) is 0 Å². The number of nitrogens with two attached hydrogens (primary N) is 1. The Bertz CT molecular complexity index is 837. The Kier molecular flexibility index (Phi) is 5.25. The maximum absolute atomic E-state index is 11.9. The number of anilines is 1. The van der Waals surface area contributed by atoms with Crippen molar-refractivity contribution in [1.29, 1.82) is 0 Å². The van der Waals surface area contributed by atoms with Gasteiger partial charge in [0.1, 0.15) is 5.75 Å². The number of hydrogen-bond acceptors (Lipinski definition) is 4. The van der Waals surface area contributed by atoms with Gasteiger partial charge in [-0.2, -0.15) is 0 Å². The highest BCUT2D eigenvalue weighted by Crippen LogP contribution is 2.23. The molecule has 0 radical (unpaired) electrons. The SMILES string of the molecule is Cc1ccc(NC(=O)COc2ccccc2Cl)cc1S(N)(=O)=O. The van der Waals surface area contributed by atoms with Crippen LogP contribution in [-0.2, 0) is 14.8 Å². The van der Waals surface area contributed by atoms with E-state index in [4.69, 9.17) is 21.5 Å². The molecule has 122 valence electrons. The summed E-state index contributed by atoms with van der Waals surface area (Å²) < 4.78 is 28.2. The average molecular weight is 355 g/mol. The number of carbonyl (C=O) groups is 1. The monoisotopic (exact) mass is 354 g/mol. The summed E-state index contributed by atoms with van der Waals surface area (Å²) in [5, 5.41) is 8.07. The number of hydrogen-bond donors (Lipinski definition) is 2. The topological polar surface area (TPSA) is 98.5 Å². The molecule has 0 unspecified atom stereocenters. The minimum Gasteiger partial charge on any atom is -0.482 e. The Labute approximate surface area is 139 Å². The number of aryl methyl sites for hydroxylation is 1. The van der Waals surface area contributed by atoms with Crippen LogP contribution in [0.3, 0.4) is 0 Å². The second kappa shape index (κ2) is 6.99. The molecule has 2 aromatic carbocycles. The molecule has 23 heavy (non-hydrogen) atoms. The van der Waals surface area contributed by atoms with E-state index < -0.39 is 15.9 Å². The fraction of sp³-hybridized carbons (Fsp3) is 0.133. The third-order valence-electron chi connectivity index (χ3n) is 2.97. The molecule has 0 saturated heterocycles. The number of benzene rings is 2. The summed E-state index contributed by atoms with van der Waals surface area (Å²) in [6, 6.07) is 11.2. The van der Waals surface area contributed by atoms with Crippen LogP contribution in [0.15, 0.2) is 47.4 Å². The van der Waals surface area contributed by atoms with Crippen LogP contribution in [-0.4, -0.2) is 20.9 Å². The van der Waals surface area contributed by atoms with E-state index in [1.165, 1.54) is 6.07 Å². The second-order valence-electron chi connectivity index (χ2n) is 4.79. The molecule has 0 aliphatic heterocycles. The molecule has 0 saturated carbocycles. The van der Waals surface area contributed by atoms with Gasteiger partial charge in [0.25, 0.3) is 5.91 Å². The number of halogens is 1. The van der Waals surface area contributed by atoms with Gasteiger partial charge in [-0.15, -0.1) is 0 Å². The number of carbonyl (C=O) groups excluding carboxylic acids is 1. The highest BCUT2D eigenvalue weighted by Gasteiger charge is 2.13. The van der Waals surface area contributed by atoms with Crippen molar-refractivity contribution in [2.75, 3.05) is 11.9 Å². The Morgan fingerprint density at radius 2 is 1.96 bits per heavy atom. The summed E-state index contributed by atoms with van der Waals surface area (Å²) >= 11 is 5.92. The van der Waals surface area contributed by atoms with Crippen molar-refractivity contribution in [2.24, 2.45) is 5.14 Å². The molecule has 0 fully saturated rings. The van der Waals surface area contributed by atoms with Gasteiger partial charge in [0.15, 0.2) is 6.61 Å². The second-order valence-corrected chi connectivity index (χ2v) is 6.73. The molecule has 1 amide bonds. The van der Waals surface area contributed by atoms with E-state index in [2.05, 4.69) is 5.32 Å². The summed E-state index contributed by atoms with van der Waals surface area (Å²) in [5.74, 6) is -0.0624. The standard InChI is InChI=1S/C15H15ClN2O4S/c1-10-6-7-11(8-14(10)23(17,20)21)18-15(19)9-22-13-5-3-2-4-12(13)16/h2-8H,9H2,1H3,(H,18,19)(H2,17,20,21). The fourth-order valence-corrected chi connectivity index (χ4v) is 2.88. The van der Waals surface area contributed by atoms with Crippen LogP contribution < -0.4 is 15.2 Å². The van der Waals surface area contributed by atoms with Gasteiger partial charge >= 0.3 is 0 Å². The van der Waals surface area contributed by atoms with Crippen molar-refractivity contribution >= 4 is 33.2 Å². The first-order chi connectivity index (χ1) is 10.8. The zero-order valence-corrected chi connectivity index (χ0v) is 13.8. The van der Waals surface area contributed by atoms with E-state index >= 15 is 0 Å². The number of nitrogens with one attached hydrogen (secondary N) is 1. The first-order valence-electron chi connectivity index (χ1n) is 6.58. The molecule has 8 heteroatoms. The average Bonchev–Trinajstić information content (AvgIpc) is 2.47. The first kappa shape index (κ1) is 17.3. The molecule has 0 atom stereocenters. The molecule has 6 nitrogen and oxygen atoms in total. The maximum atomic E-state index is 11.9. The molecular weight excluding hydrogens is 340 g/mol. The number of ether oxygens (including phenoxy) is 1. The Morgan fingerprint density at radius 3 is 2.61 bits per heavy atom. The van der Waals surface area contributed by atoms with Gasteiger partial charge < -0.3 is 10.1 Å². The van der Waals surface area contributed by atoms with Gasteiger partial charge in [-0.3, -0.25) is 4.79 Å². The summed E-state index contributed by atoms with van der Waals surface area (Å²) in [6.45, 7) is 1.36. The van der Waals surface area contributed by atoms with Crippen molar-refractivity contribution in [3.05, 3.63) is 53.1 Å². The normalized spacial score (nSPS) is 11.1. The quantitative estimate of drug-likeness (QED) is 0.860. The molecule has 0 aliphatic rings. The van der Waals surface area contributed by atoms with E-state index in [9.17, 15) is 13.2 Å². The van der Waals surface area contributed by atoms with Gasteiger partial charge in [0.05, 0.1) is 9.92 Å². The third-order valence-corrected chi connectivity index (χ3v) is 4.34. The van der Waals surface area contributed by atoms with Crippen molar-refractivity contribution in [1.82, 2.24) is 0 Å². The molecule has 3 N–H and O–H groups in total. The van der Waals surface area contributed by atoms with E-state index in [0.29, 0.717) is 22.0 Å². The van der Waals surface area contributed by atoms with Gasteiger partial charge in [-0.25, -0.2) is 13.6 Å². The Hall–Kier alpha value is -2.09. The van der Waals surface area contributed by atoms with Gasteiger partial charge in [0, 0.05) is 5.69 Å². The lowest BCUT2D eigenvalue weighted by atomic mass is 10.2. The van der Waals surface area contributed by atoms with E-state index in [1.807, 2.05) is 0 Å². The minimum atomic E-state index is -3.85. The van der Waals surface area contributed by atoms with Gasteiger partial charge in [-0.1, -0.05) is 29.8 Å². The molecule has 0 heterocycles. The van der Waals surface area contributed by atoms with E-state index in [0.717, 1.165) is 0 Å². The molecule has 0 spiro atoms. The summed E-state index contributed by atoms with van der Waals surface area (Å²) in [4.78, 5) is 11.8. The van der Waals surface area contributed by atoms with Crippen LogP contribution >= 0.6 is 11.6 Å². The predicted octanol–water partition coefficient (Wildman–Crippen LogP) is 2.31.